The minimum atomic E-state index is -0.0313. The van der Waals surface area contributed by atoms with E-state index in [9.17, 15) is 4.79 Å². The summed E-state index contributed by atoms with van der Waals surface area (Å²) in [5, 5.41) is 11.2. The molecular weight excluding hydrogens is 336 g/mol. The van der Waals surface area contributed by atoms with Gasteiger partial charge in [0.15, 0.2) is 0 Å². The van der Waals surface area contributed by atoms with Crippen molar-refractivity contribution in [2.75, 3.05) is 11.9 Å². The maximum Gasteiger partial charge on any atom is 0.256 e. The summed E-state index contributed by atoms with van der Waals surface area (Å²) in [6, 6.07) is 11.0. The van der Waals surface area contributed by atoms with Gasteiger partial charge in [-0.2, -0.15) is 5.10 Å². The molecule has 1 aliphatic carbocycles. The summed E-state index contributed by atoms with van der Waals surface area (Å²) in [7, 11) is 0. The highest BCUT2D eigenvalue weighted by molar-refractivity contribution is 5.98. The summed E-state index contributed by atoms with van der Waals surface area (Å²) < 4.78 is 1.99. The van der Waals surface area contributed by atoms with E-state index in [1.54, 1.807) is 6.20 Å². The smallest absolute Gasteiger partial charge is 0.256 e. The summed E-state index contributed by atoms with van der Waals surface area (Å²) in [6.45, 7) is 2.85. The first-order chi connectivity index (χ1) is 13.2. The van der Waals surface area contributed by atoms with E-state index in [1.807, 2.05) is 22.9 Å². The van der Waals surface area contributed by atoms with Crippen LogP contribution < -0.4 is 10.6 Å². The van der Waals surface area contributed by atoms with Crippen LogP contribution in [0.15, 0.2) is 36.5 Å². The normalized spacial score (nSPS) is 22.7. The minimum absolute atomic E-state index is 0.0313. The first kappa shape index (κ1) is 18.1. The Morgan fingerprint density at radius 2 is 2.00 bits per heavy atom. The molecule has 1 saturated carbocycles. The second-order valence-corrected chi connectivity index (χ2v) is 8.08. The molecule has 2 N–H and O–H groups in total. The van der Waals surface area contributed by atoms with Crippen LogP contribution in [0.4, 0.5) is 5.82 Å². The standard InChI is InChI=1S/C22H30N4O/c1-16-14-20(18-10-6-3-7-11-18)25-21-19(15-24-26(16)21)22(27)23-13-12-17-8-4-2-5-9-17/h2,4-5,8-9,15-16,18,20,25H,3,6-7,10-14H2,1H3,(H,23,27). The van der Waals surface area contributed by atoms with Crippen LogP contribution in [-0.4, -0.2) is 28.3 Å². The average Bonchev–Trinajstić information content (AvgIpc) is 3.14. The second kappa shape index (κ2) is 8.15. The first-order valence-electron chi connectivity index (χ1n) is 10.4. The monoisotopic (exact) mass is 366 g/mol. The fraction of sp³-hybridized carbons (Fsp3) is 0.545. The number of amides is 1. The van der Waals surface area contributed by atoms with Gasteiger partial charge >= 0.3 is 0 Å². The summed E-state index contributed by atoms with van der Waals surface area (Å²) in [5.41, 5.74) is 1.91. The molecule has 27 heavy (non-hydrogen) atoms. The van der Waals surface area contributed by atoms with Crippen molar-refractivity contribution in [2.24, 2.45) is 5.92 Å². The Labute approximate surface area is 161 Å². The van der Waals surface area contributed by atoms with Crippen molar-refractivity contribution in [2.45, 2.75) is 64.0 Å². The van der Waals surface area contributed by atoms with Gasteiger partial charge in [0.2, 0.25) is 0 Å². The number of nitrogens with zero attached hydrogens (tertiary/aromatic N) is 2. The Balaban J connectivity index is 1.41. The van der Waals surface area contributed by atoms with E-state index in [4.69, 9.17) is 0 Å². The van der Waals surface area contributed by atoms with Gasteiger partial charge in [-0.3, -0.25) is 4.79 Å². The van der Waals surface area contributed by atoms with E-state index in [1.165, 1.54) is 37.7 Å². The number of anilines is 1. The molecule has 1 aromatic heterocycles. The van der Waals surface area contributed by atoms with E-state index >= 15 is 0 Å². The molecule has 0 radical (unpaired) electrons. The number of carbonyl (C=O) groups excluding carboxylic acids is 1. The molecule has 1 fully saturated rings. The molecule has 2 aromatic rings. The van der Waals surface area contributed by atoms with Crippen LogP contribution in [0, 0.1) is 5.92 Å². The average molecular weight is 367 g/mol. The lowest BCUT2D eigenvalue weighted by atomic mass is 9.81. The number of hydrogen-bond donors (Lipinski definition) is 2. The second-order valence-electron chi connectivity index (χ2n) is 8.08. The van der Waals surface area contributed by atoms with Crippen molar-refractivity contribution < 1.29 is 4.79 Å². The number of hydrogen-bond acceptors (Lipinski definition) is 3. The predicted molar refractivity (Wildman–Crippen MR) is 108 cm³/mol. The number of nitrogens with one attached hydrogen (secondary N) is 2. The molecule has 5 nitrogen and oxygen atoms in total. The molecular formula is C22H30N4O. The molecule has 4 rings (SSSR count). The summed E-state index contributed by atoms with van der Waals surface area (Å²) in [6.07, 6.45) is 10.3. The Kier molecular flexibility index (Phi) is 5.46. The highest BCUT2D eigenvalue weighted by Gasteiger charge is 2.33. The number of carbonyl (C=O) groups is 1. The number of aromatic nitrogens is 2. The zero-order valence-corrected chi connectivity index (χ0v) is 16.2. The van der Waals surface area contributed by atoms with Crippen molar-refractivity contribution >= 4 is 11.7 Å². The molecule has 1 aromatic carbocycles. The molecule has 2 heterocycles. The Morgan fingerprint density at radius 1 is 1.22 bits per heavy atom. The summed E-state index contributed by atoms with van der Waals surface area (Å²) in [5.74, 6) is 1.59. The molecule has 5 heteroatoms. The van der Waals surface area contributed by atoms with Crippen LogP contribution in [0.5, 0.6) is 0 Å². The van der Waals surface area contributed by atoms with Gasteiger partial charge in [0.25, 0.3) is 5.91 Å². The van der Waals surface area contributed by atoms with Crippen LogP contribution in [0.25, 0.3) is 0 Å². The van der Waals surface area contributed by atoms with E-state index in [-0.39, 0.29) is 5.91 Å². The van der Waals surface area contributed by atoms with Crippen LogP contribution in [0.3, 0.4) is 0 Å². The van der Waals surface area contributed by atoms with E-state index in [0.717, 1.165) is 24.6 Å². The van der Waals surface area contributed by atoms with Gasteiger partial charge in [0, 0.05) is 12.6 Å². The lowest BCUT2D eigenvalue weighted by Crippen LogP contribution is -2.38. The van der Waals surface area contributed by atoms with Crippen molar-refractivity contribution in [3.8, 4) is 0 Å². The quantitative estimate of drug-likeness (QED) is 0.834. The van der Waals surface area contributed by atoms with Gasteiger partial charge in [-0.05, 0) is 44.1 Å². The van der Waals surface area contributed by atoms with Gasteiger partial charge in [-0.25, -0.2) is 4.68 Å². The molecule has 0 saturated heterocycles. The maximum atomic E-state index is 12.8. The largest absolute Gasteiger partial charge is 0.367 e. The van der Waals surface area contributed by atoms with Crippen LogP contribution in [0.2, 0.25) is 0 Å². The van der Waals surface area contributed by atoms with Crippen LogP contribution in [-0.2, 0) is 6.42 Å². The van der Waals surface area contributed by atoms with Crippen molar-refractivity contribution in [3.63, 3.8) is 0 Å². The van der Waals surface area contributed by atoms with E-state index < -0.39 is 0 Å². The van der Waals surface area contributed by atoms with Crippen molar-refractivity contribution in [1.29, 1.82) is 0 Å². The Hall–Kier alpha value is -2.30. The molecule has 2 atom stereocenters. The molecule has 2 unspecified atom stereocenters. The molecule has 0 bridgehead atoms. The SMILES string of the molecule is CC1CC(C2CCCCC2)Nc2c(C(=O)NCCc3ccccc3)cnn21. The summed E-state index contributed by atoms with van der Waals surface area (Å²) in [4.78, 5) is 12.8. The maximum absolute atomic E-state index is 12.8. The summed E-state index contributed by atoms with van der Waals surface area (Å²) >= 11 is 0. The third-order valence-corrected chi connectivity index (χ3v) is 6.14. The molecule has 1 aliphatic heterocycles. The van der Waals surface area contributed by atoms with Gasteiger partial charge in [-0.15, -0.1) is 0 Å². The van der Waals surface area contributed by atoms with E-state index in [2.05, 4.69) is 34.8 Å². The number of rotatable bonds is 5. The highest BCUT2D eigenvalue weighted by Crippen LogP contribution is 2.36. The van der Waals surface area contributed by atoms with Gasteiger partial charge in [0.05, 0.1) is 12.2 Å². The minimum Gasteiger partial charge on any atom is -0.367 e. The molecule has 2 aliphatic rings. The number of fused-ring (bicyclic) bond motifs is 1. The fourth-order valence-electron chi connectivity index (χ4n) is 4.62. The lowest BCUT2D eigenvalue weighted by molar-refractivity contribution is 0.0954. The molecule has 1 amide bonds. The molecule has 144 valence electrons. The Bertz CT molecular complexity index is 764. The zero-order chi connectivity index (χ0) is 18.6. The van der Waals surface area contributed by atoms with Crippen LogP contribution in [0.1, 0.15) is 67.4 Å². The predicted octanol–water partition coefficient (Wildman–Crippen LogP) is 4.18. The van der Waals surface area contributed by atoms with Crippen LogP contribution >= 0.6 is 0 Å². The lowest BCUT2D eigenvalue weighted by Gasteiger charge is -2.37. The Morgan fingerprint density at radius 3 is 2.78 bits per heavy atom. The number of benzene rings is 1. The van der Waals surface area contributed by atoms with Crippen molar-refractivity contribution in [3.05, 3.63) is 47.7 Å². The third kappa shape index (κ3) is 4.02. The van der Waals surface area contributed by atoms with Gasteiger partial charge < -0.3 is 10.6 Å². The topological polar surface area (TPSA) is 59.0 Å². The van der Waals surface area contributed by atoms with Gasteiger partial charge in [-0.1, -0.05) is 49.6 Å². The van der Waals surface area contributed by atoms with Crippen molar-refractivity contribution in [1.82, 2.24) is 15.1 Å². The fourth-order valence-corrected chi connectivity index (χ4v) is 4.62. The third-order valence-electron chi connectivity index (χ3n) is 6.14. The molecule has 0 spiro atoms. The zero-order valence-electron chi connectivity index (χ0n) is 16.2. The first-order valence-corrected chi connectivity index (χ1v) is 10.4. The van der Waals surface area contributed by atoms with Gasteiger partial charge in [0.1, 0.15) is 11.4 Å². The highest BCUT2D eigenvalue weighted by atomic mass is 16.1. The van der Waals surface area contributed by atoms with E-state index in [0.29, 0.717) is 24.2 Å².